The molecule has 0 spiro atoms. The van der Waals surface area contributed by atoms with Gasteiger partial charge in [-0.05, 0) is 0 Å². The summed E-state index contributed by atoms with van der Waals surface area (Å²) in [6.45, 7) is 0.907. The van der Waals surface area contributed by atoms with E-state index in [1.54, 1.807) is 0 Å². The van der Waals surface area contributed by atoms with E-state index in [-0.39, 0.29) is 5.75 Å². The zero-order valence-electron chi connectivity index (χ0n) is 7.51. The van der Waals surface area contributed by atoms with Gasteiger partial charge in [-0.15, -0.1) is 0 Å². The molecule has 0 saturated heterocycles. The van der Waals surface area contributed by atoms with Crippen LogP contribution in [0.2, 0.25) is 0 Å². The van der Waals surface area contributed by atoms with Crippen molar-refractivity contribution in [2.24, 2.45) is 5.14 Å². The van der Waals surface area contributed by atoms with Crippen LogP contribution in [-0.4, -0.2) is 37.4 Å². The molecule has 7 nitrogen and oxygen atoms in total. The molecular formula is C6H12N4O3S. The Morgan fingerprint density at radius 1 is 1.50 bits per heavy atom. The maximum atomic E-state index is 10.5. The van der Waals surface area contributed by atoms with Gasteiger partial charge < -0.3 is 9.84 Å². The molecule has 0 aromatic carbocycles. The molecule has 0 saturated carbocycles. The second kappa shape index (κ2) is 5.03. The molecule has 3 N–H and O–H groups in total. The average molecular weight is 220 g/mol. The maximum absolute atomic E-state index is 10.5. The Kier molecular flexibility index (Phi) is 3.98. The lowest BCUT2D eigenvalue weighted by Gasteiger charge is -2.00. The van der Waals surface area contributed by atoms with Gasteiger partial charge in [0, 0.05) is 19.5 Å². The van der Waals surface area contributed by atoms with Crippen LogP contribution in [0.4, 0.5) is 0 Å². The monoisotopic (exact) mass is 220 g/mol. The molecule has 80 valence electrons. The summed E-state index contributed by atoms with van der Waals surface area (Å²) < 4.78 is 25.8. The number of primary sulfonamides is 1. The molecule has 1 heterocycles. The topological polar surface area (TPSA) is 111 Å². The molecule has 1 rings (SSSR count). The first kappa shape index (κ1) is 11.1. The van der Waals surface area contributed by atoms with Crippen molar-refractivity contribution in [2.45, 2.75) is 6.42 Å². The Labute approximate surface area is 81.7 Å². The first-order chi connectivity index (χ1) is 6.58. The van der Waals surface area contributed by atoms with E-state index in [9.17, 15) is 8.42 Å². The van der Waals surface area contributed by atoms with Crippen LogP contribution in [0.5, 0.6) is 0 Å². The molecular weight excluding hydrogens is 208 g/mol. The lowest BCUT2D eigenvalue weighted by atomic mass is 10.4. The molecule has 1 aromatic heterocycles. The zero-order chi connectivity index (χ0) is 10.4. The van der Waals surface area contributed by atoms with Gasteiger partial charge in [0.05, 0.1) is 5.75 Å². The van der Waals surface area contributed by atoms with Gasteiger partial charge >= 0.3 is 0 Å². The van der Waals surface area contributed by atoms with E-state index < -0.39 is 10.0 Å². The number of nitrogens with zero attached hydrogens (tertiary/aromatic N) is 2. The molecule has 0 amide bonds. The number of rotatable bonds is 6. The molecule has 0 aliphatic carbocycles. The minimum atomic E-state index is -3.37. The molecule has 0 unspecified atom stereocenters. The second-order valence-corrected chi connectivity index (χ2v) is 4.44. The maximum Gasteiger partial charge on any atom is 0.227 e. The summed E-state index contributed by atoms with van der Waals surface area (Å²) in [7, 11) is -3.37. The lowest BCUT2D eigenvalue weighted by molar-refractivity contribution is 0.375. The Morgan fingerprint density at radius 2 is 2.29 bits per heavy atom. The SMILES string of the molecule is NS(=O)(=O)CCNCCc1ncno1. The Balaban J connectivity index is 2.06. The van der Waals surface area contributed by atoms with Gasteiger partial charge in [-0.2, -0.15) is 4.98 Å². The Bertz CT molecular complexity index is 347. The summed E-state index contributed by atoms with van der Waals surface area (Å²) in [6.07, 6.45) is 1.89. The Morgan fingerprint density at radius 3 is 2.86 bits per heavy atom. The smallest absolute Gasteiger partial charge is 0.227 e. The molecule has 0 aliphatic rings. The molecule has 14 heavy (non-hydrogen) atoms. The fourth-order valence-corrected chi connectivity index (χ4v) is 1.27. The highest BCUT2D eigenvalue weighted by molar-refractivity contribution is 7.89. The zero-order valence-corrected chi connectivity index (χ0v) is 8.33. The van der Waals surface area contributed by atoms with Gasteiger partial charge in [-0.25, -0.2) is 13.6 Å². The van der Waals surface area contributed by atoms with Crippen molar-refractivity contribution in [2.75, 3.05) is 18.8 Å². The first-order valence-electron chi connectivity index (χ1n) is 4.05. The van der Waals surface area contributed by atoms with Crippen LogP contribution in [0.1, 0.15) is 5.89 Å². The molecule has 0 aliphatic heterocycles. The number of aromatic nitrogens is 2. The van der Waals surface area contributed by atoms with Gasteiger partial charge in [0.2, 0.25) is 15.9 Å². The number of hydrogen-bond acceptors (Lipinski definition) is 6. The lowest BCUT2D eigenvalue weighted by Crippen LogP contribution is -2.28. The highest BCUT2D eigenvalue weighted by atomic mass is 32.2. The average Bonchev–Trinajstić information content (AvgIpc) is 2.54. The number of hydrogen-bond donors (Lipinski definition) is 2. The van der Waals surface area contributed by atoms with E-state index >= 15 is 0 Å². The summed E-state index contributed by atoms with van der Waals surface area (Å²) >= 11 is 0. The minimum absolute atomic E-state index is 0.0726. The van der Waals surface area contributed by atoms with E-state index in [2.05, 4.69) is 15.5 Å². The third kappa shape index (κ3) is 4.90. The molecule has 0 fully saturated rings. The summed E-state index contributed by atoms with van der Waals surface area (Å²) in [6, 6.07) is 0. The Hall–Kier alpha value is -0.990. The fourth-order valence-electron chi connectivity index (χ4n) is 0.841. The standard InChI is InChI=1S/C6H12N4O3S/c7-14(11,12)4-3-8-2-1-6-9-5-10-13-6/h5,8H,1-4H2,(H2,7,11,12). The van der Waals surface area contributed by atoms with Crippen molar-refractivity contribution in [1.82, 2.24) is 15.5 Å². The van der Waals surface area contributed by atoms with E-state index in [1.165, 1.54) is 6.33 Å². The van der Waals surface area contributed by atoms with Gasteiger partial charge in [0.25, 0.3) is 0 Å². The largest absolute Gasteiger partial charge is 0.340 e. The number of nitrogens with two attached hydrogens (primary N) is 1. The highest BCUT2D eigenvalue weighted by Crippen LogP contribution is 1.89. The van der Waals surface area contributed by atoms with Crippen LogP contribution in [0.25, 0.3) is 0 Å². The summed E-state index contributed by atoms with van der Waals surface area (Å²) in [5.41, 5.74) is 0. The first-order valence-corrected chi connectivity index (χ1v) is 5.76. The van der Waals surface area contributed by atoms with Crippen molar-refractivity contribution in [1.29, 1.82) is 0 Å². The fraction of sp³-hybridized carbons (Fsp3) is 0.667. The summed E-state index contributed by atoms with van der Waals surface area (Å²) in [4.78, 5) is 3.80. The van der Waals surface area contributed by atoms with Crippen LogP contribution in [0.15, 0.2) is 10.9 Å². The van der Waals surface area contributed by atoms with E-state index in [0.717, 1.165) is 0 Å². The van der Waals surface area contributed by atoms with Crippen molar-refractivity contribution >= 4 is 10.0 Å². The van der Waals surface area contributed by atoms with Crippen molar-refractivity contribution < 1.29 is 12.9 Å². The third-order valence-electron chi connectivity index (χ3n) is 1.49. The quantitative estimate of drug-likeness (QED) is 0.564. The summed E-state index contributed by atoms with van der Waals surface area (Å²) in [5, 5.41) is 11.1. The minimum Gasteiger partial charge on any atom is -0.340 e. The normalized spacial score (nSPS) is 11.8. The van der Waals surface area contributed by atoms with E-state index in [0.29, 0.717) is 25.4 Å². The van der Waals surface area contributed by atoms with Crippen LogP contribution >= 0.6 is 0 Å². The van der Waals surface area contributed by atoms with E-state index in [4.69, 9.17) is 9.66 Å². The van der Waals surface area contributed by atoms with Gasteiger partial charge in [0.1, 0.15) is 0 Å². The molecule has 1 aromatic rings. The number of sulfonamides is 1. The predicted molar refractivity (Wildman–Crippen MR) is 48.8 cm³/mol. The van der Waals surface area contributed by atoms with Gasteiger partial charge in [-0.1, -0.05) is 5.16 Å². The predicted octanol–water partition coefficient (Wildman–Crippen LogP) is -1.51. The van der Waals surface area contributed by atoms with E-state index in [1.807, 2.05) is 0 Å². The van der Waals surface area contributed by atoms with Gasteiger partial charge in [0.15, 0.2) is 6.33 Å². The number of nitrogens with one attached hydrogen (secondary N) is 1. The van der Waals surface area contributed by atoms with Gasteiger partial charge in [-0.3, -0.25) is 0 Å². The highest BCUT2D eigenvalue weighted by Gasteiger charge is 2.02. The van der Waals surface area contributed by atoms with Crippen molar-refractivity contribution in [3.05, 3.63) is 12.2 Å². The van der Waals surface area contributed by atoms with Crippen LogP contribution in [-0.2, 0) is 16.4 Å². The molecule has 0 atom stereocenters. The molecule has 0 radical (unpaired) electrons. The van der Waals surface area contributed by atoms with Crippen molar-refractivity contribution in [3.63, 3.8) is 0 Å². The van der Waals surface area contributed by atoms with Crippen LogP contribution in [0.3, 0.4) is 0 Å². The second-order valence-electron chi connectivity index (χ2n) is 2.70. The van der Waals surface area contributed by atoms with Crippen LogP contribution < -0.4 is 10.5 Å². The molecule has 0 bridgehead atoms. The molecule has 8 heteroatoms. The summed E-state index contributed by atoms with van der Waals surface area (Å²) in [5.74, 6) is 0.449. The van der Waals surface area contributed by atoms with Crippen LogP contribution in [0, 0.1) is 0 Å². The third-order valence-corrected chi connectivity index (χ3v) is 2.26. The van der Waals surface area contributed by atoms with Crippen molar-refractivity contribution in [3.8, 4) is 0 Å².